The number of fused-ring (bicyclic) bond motifs is 2. The number of oxazole rings is 1. The first-order valence-electron chi connectivity index (χ1n) is 21.1. The van der Waals surface area contributed by atoms with E-state index in [4.69, 9.17) is 4.42 Å². The number of amides is 6. The van der Waals surface area contributed by atoms with Gasteiger partial charge < -0.3 is 29.7 Å². The fourth-order valence-electron chi connectivity index (χ4n) is 8.79. The Morgan fingerprint density at radius 3 is 2.29 bits per heavy atom. The Morgan fingerprint density at radius 2 is 1.60 bits per heavy atom. The number of imide groups is 2. The van der Waals surface area contributed by atoms with E-state index in [2.05, 4.69) is 25.7 Å². The number of carbonyl (C=O) groups excluding carboxylic acids is 6. The molecule has 1 unspecified atom stereocenters. The molecule has 2 aromatic heterocycles. The number of aryl methyl sites for hydroxylation is 1. The second kappa shape index (κ2) is 16.2. The molecule has 19 heteroatoms. The number of piperidine rings is 1. The second-order valence-electron chi connectivity index (χ2n) is 16.4. The molecule has 19 nitrogen and oxygen atoms in total. The first-order valence-corrected chi connectivity index (χ1v) is 21.1. The van der Waals surface area contributed by atoms with Crippen LogP contribution in [0.1, 0.15) is 92.4 Å². The van der Waals surface area contributed by atoms with Crippen LogP contribution in [0.15, 0.2) is 75.9 Å². The minimum atomic E-state index is -1.18. The van der Waals surface area contributed by atoms with E-state index in [1.54, 1.807) is 61.2 Å². The molecule has 2 saturated heterocycles. The number of phenols is 2. The quantitative estimate of drug-likeness (QED) is 0.151. The Bertz CT molecular complexity index is 3070. The standard InChI is InChI=1S/C46H43N9O10/c1-5-47-42(60)40-50-49-39(30-21-29(23(2)3)34(56)22-35(30)57)53(40)26-11-9-25(10-12-26)43(61)52-17-15-51(16-18-52)27-19-24(4)38-33(20-27)54(46(64)65-38)31-8-6-7-28-37(31)45(63)55(44(28)62)32-13-14-36(58)48-41(32)59/h6-12,19-23,32,56-57H,5,13-18H2,1-4H3,(H,47,60)(H,48,58,59). The number of carbonyl (C=O) groups is 6. The highest BCUT2D eigenvalue weighted by molar-refractivity contribution is 6.25. The van der Waals surface area contributed by atoms with Crippen LogP contribution in [0.5, 0.6) is 11.5 Å². The van der Waals surface area contributed by atoms with E-state index in [9.17, 15) is 43.8 Å². The highest BCUT2D eigenvalue weighted by Crippen LogP contribution is 2.39. The van der Waals surface area contributed by atoms with Gasteiger partial charge in [0, 0.05) is 62.1 Å². The molecule has 0 aliphatic carbocycles. The van der Waals surface area contributed by atoms with Crippen LogP contribution in [0, 0.1) is 6.92 Å². The second-order valence-corrected chi connectivity index (χ2v) is 16.4. The Hall–Kier alpha value is -8.09. The summed E-state index contributed by atoms with van der Waals surface area (Å²) in [5.74, 6) is -4.50. The maximum Gasteiger partial charge on any atom is 0.424 e. The normalized spacial score (nSPS) is 16.4. The molecule has 9 rings (SSSR count). The van der Waals surface area contributed by atoms with Crippen LogP contribution in [0.2, 0.25) is 0 Å². The van der Waals surface area contributed by atoms with Gasteiger partial charge in [0.05, 0.1) is 27.9 Å². The monoisotopic (exact) mass is 881 g/mol. The van der Waals surface area contributed by atoms with Gasteiger partial charge in [-0.05, 0) is 91.9 Å². The number of phenolic OH excluding ortho intramolecular Hbond substituents is 2. The lowest BCUT2D eigenvalue weighted by Gasteiger charge is -2.36. The lowest BCUT2D eigenvalue weighted by molar-refractivity contribution is -0.136. The van der Waals surface area contributed by atoms with Crippen molar-refractivity contribution >= 4 is 52.2 Å². The number of aromatic hydroxyl groups is 2. The van der Waals surface area contributed by atoms with Crippen LogP contribution in [0.25, 0.3) is 33.9 Å². The molecule has 6 aromatic rings. The van der Waals surface area contributed by atoms with E-state index in [1.807, 2.05) is 19.9 Å². The third kappa shape index (κ3) is 7.13. The Morgan fingerprint density at radius 1 is 0.862 bits per heavy atom. The van der Waals surface area contributed by atoms with Crippen molar-refractivity contribution in [1.29, 1.82) is 0 Å². The topological polar surface area (TPSA) is 243 Å². The lowest BCUT2D eigenvalue weighted by atomic mass is 9.98. The van der Waals surface area contributed by atoms with Crippen molar-refractivity contribution < 1.29 is 43.4 Å². The molecule has 65 heavy (non-hydrogen) atoms. The van der Waals surface area contributed by atoms with Crippen molar-refractivity contribution in [1.82, 2.24) is 39.8 Å². The van der Waals surface area contributed by atoms with Gasteiger partial charge in [0.1, 0.15) is 17.5 Å². The highest BCUT2D eigenvalue weighted by atomic mass is 16.4. The van der Waals surface area contributed by atoms with Crippen LogP contribution in [-0.2, 0) is 9.59 Å². The largest absolute Gasteiger partial charge is 0.508 e. The molecule has 332 valence electrons. The average molecular weight is 882 g/mol. The number of aromatic nitrogens is 4. The lowest BCUT2D eigenvalue weighted by Crippen LogP contribution is -2.54. The number of hydrogen-bond donors (Lipinski definition) is 4. The van der Waals surface area contributed by atoms with Gasteiger partial charge in [-0.25, -0.2) is 9.36 Å². The van der Waals surface area contributed by atoms with E-state index >= 15 is 0 Å². The third-order valence-corrected chi connectivity index (χ3v) is 12.1. The molecule has 0 saturated carbocycles. The minimum Gasteiger partial charge on any atom is -0.508 e. The molecule has 1 atom stereocenters. The predicted molar refractivity (Wildman–Crippen MR) is 234 cm³/mol. The summed E-state index contributed by atoms with van der Waals surface area (Å²) in [6.07, 6.45) is -0.0558. The maximum atomic E-state index is 13.9. The summed E-state index contributed by atoms with van der Waals surface area (Å²) in [5, 5.41) is 34.7. The van der Waals surface area contributed by atoms with Crippen LogP contribution in [0.4, 0.5) is 5.69 Å². The number of piperazine rings is 1. The van der Waals surface area contributed by atoms with Crippen molar-refractivity contribution in [3.63, 3.8) is 0 Å². The first kappa shape index (κ1) is 42.2. The fourth-order valence-corrected chi connectivity index (χ4v) is 8.79. The zero-order valence-electron chi connectivity index (χ0n) is 35.7. The number of rotatable bonds is 9. The maximum absolute atomic E-state index is 13.9. The molecular formula is C46H43N9O10. The van der Waals surface area contributed by atoms with E-state index in [0.29, 0.717) is 60.6 Å². The van der Waals surface area contributed by atoms with E-state index in [-0.39, 0.29) is 75.8 Å². The van der Waals surface area contributed by atoms with Gasteiger partial charge in [-0.1, -0.05) is 19.9 Å². The molecule has 0 radical (unpaired) electrons. The first-order chi connectivity index (χ1) is 31.2. The fraction of sp³-hybridized carbons (Fsp3) is 0.283. The van der Waals surface area contributed by atoms with Gasteiger partial charge in [-0.2, -0.15) is 0 Å². The summed E-state index contributed by atoms with van der Waals surface area (Å²) >= 11 is 0. The van der Waals surface area contributed by atoms with Crippen molar-refractivity contribution in [3.05, 3.63) is 111 Å². The summed E-state index contributed by atoms with van der Waals surface area (Å²) in [6, 6.07) is 16.4. The van der Waals surface area contributed by atoms with Crippen molar-refractivity contribution in [3.8, 4) is 34.3 Å². The zero-order valence-corrected chi connectivity index (χ0v) is 35.7. The Labute approximate surface area is 369 Å². The van der Waals surface area contributed by atoms with Gasteiger partial charge in [-0.3, -0.25) is 43.6 Å². The van der Waals surface area contributed by atoms with Crippen molar-refractivity contribution in [2.75, 3.05) is 37.6 Å². The molecule has 2 fully saturated rings. The molecule has 0 bridgehead atoms. The van der Waals surface area contributed by atoms with Gasteiger partial charge in [0.15, 0.2) is 11.4 Å². The van der Waals surface area contributed by atoms with Gasteiger partial charge in [-0.15, -0.1) is 10.2 Å². The molecule has 4 N–H and O–H groups in total. The minimum absolute atomic E-state index is 0.0175. The summed E-state index contributed by atoms with van der Waals surface area (Å²) in [7, 11) is 0. The van der Waals surface area contributed by atoms with Gasteiger partial charge >= 0.3 is 5.76 Å². The van der Waals surface area contributed by atoms with Gasteiger partial charge in [0.2, 0.25) is 17.6 Å². The zero-order chi connectivity index (χ0) is 46.0. The number of benzene rings is 4. The van der Waals surface area contributed by atoms with Crippen LogP contribution >= 0.6 is 0 Å². The smallest absolute Gasteiger partial charge is 0.424 e. The SMILES string of the molecule is CCNC(=O)c1nnc(-c2cc(C(C)C)c(O)cc2O)n1-c1ccc(C(=O)N2CCN(c3cc(C)c4oc(=O)n(-c5cccc6c5C(=O)N(C5CCC(=O)NC5=O)C6=O)c4c3)CC2)cc1. The number of nitrogens with one attached hydrogen (secondary N) is 2. The van der Waals surface area contributed by atoms with Crippen LogP contribution < -0.4 is 21.3 Å². The van der Waals surface area contributed by atoms with E-state index < -0.39 is 41.3 Å². The number of hydrogen-bond acceptors (Lipinski definition) is 13. The van der Waals surface area contributed by atoms with Crippen LogP contribution in [-0.4, -0.2) is 114 Å². The Balaban J connectivity index is 0.956. The number of anilines is 1. The summed E-state index contributed by atoms with van der Waals surface area (Å²) in [4.78, 5) is 97.3. The summed E-state index contributed by atoms with van der Waals surface area (Å²) in [5.41, 5.74) is 3.74. The van der Waals surface area contributed by atoms with Crippen molar-refractivity contribution in [2.24, 2.45) is 0 Å². The Kier molecular flexibility index (Phi) is 10.5. The molecule has 3 aliphatic rings. The number of nitrogens with zero attached hydrogens (tertiary/aromatic N) is 7. The average Bonchev–Trinajstić information content (AvgIpc) is 3.95. The summed E-state index contributed by atoms with van der Waals surface area (Å²) < 4.78 is 8.44. The molecule has 3 aliphatic heterocycles. The molecule has 0 spiro atoms. The van der Waals surface area contributed by atoms with E-state index in [1.165, 1.54) is 27.3 Å². The molecule has 6 amide bonds. The molecule has 5 heterocycles. The van der Waals surface area contributed by atoms with Crippen molar-refractivity contribution in [2.45, 2.75) is 52.5 Å². The highest BCUT2D eigenvalue weighted by Gasteiger charge is 2.46. The molecular weight excluding hydrogens is 839 g/mol. The van der Waals surface area contributed by atoms with E-state index in [0.717, 1.165) is 10.6 Å². The third-order valence-electron chi connectivity index (χ3n) is 12.1. The predicted octanol–water partition coefficient (Wildman–Crippen LogP) is 3.79. The molecule has 4 aromatic carbocycles. The summed E-state index contributed by atoms with van der Waals surface area (Å²) in [6.45, 7) is 9.24. The van der Waals surface area contributed by atoms with Crippen LogP contribution in [0.3, 0.4) is 0 Å². The van der Waals surface area contributed by atoms with Gasteiger partial charge in [0.25, 0.3) is 23.6 Å².